The lowest BCUT2D eigenvalue weighted by Gasteiger charge is -2.20. The third-order valence-corrected chi connectivity index (χ3v) is 7.42. The summed E-state index contributed by atoms with van der Waals surface area (Å²) in [5.74, 6) is -7.22. The molecule has 6 nitrogen and oxygen atoms in total. The number of rotatable bonds is 5. The van der Waals surface area contributed by atoms with Crippen molar-refractivity contribution in [1.82, 2.24) is 4.98 Å². The summed E-state index contributed by atoms with van der Waals surface area (Å²) in [5.41, 5.74) is -0.111. The number of sulfone groups is 1. The Kier molecular flexibility index (Phi) is 5.26. The van der Waals surface area contributed by atoms with Gasteiger partial charge in [-0.1, -0.05) is 6.92 Å². The molecule has 0 aliphatic carbocycles. The predicted octanol–water partition coefficient (Wildman–Crippen LogP) is 3.95. The van der Waals surface area contributed by atoms with Crippen LogP contribution in [-0.4, -0.2) is 37.0 Å². The van der Waals surface area contributed by atoms with E-state index in [9.17, 15) is 40.0 Å². The molecule has 162 valence electrons. The lowest BCUT2D eigenvalue weighted by atomic mass is 10.2. The van der Waals surface area contributed by atoms with Crippen molar-refractivity contribution in [3.63, 3.8) is 0 Å². The van der Waals surface area contributed by atoms with E-state index in [-0.39, 0.29) is 38.9 Å². The minimum Gasteiger partial charge on any atom is -0.294 e. The van der Waals surface area contributed by atoms with E-state index in [1.165, 1.54) is 13.8 Å². The molecule has 3 heterocycles. The number of hydrogen-bond donors (Lipinski definition) is 0. The van der Waals surface area contributed by atoms with Crippen LogP contribution in [0.25, 0.3) is 0 Å². The van der Waals surface area contributed by atoms with Crippen molar-refractivity contribution in [3.8, 4) is 0 Å². The Morgan fingerprint density at radius 2 is 1.87 bits per heavy atom. The van der Waals surface area contributed by atoms with Crippen molar-refractivity contribution >= 4 is 38.7 Å². The van der Waals surface area contributed by atoms with Crippen LogP contribution in [0.3, 0.4) is 0 Å². The molecule has 0 aromatic carbocycles. The Morgan fingerprint density at radius 3 is 2.37 bits per heavy atom. The lowest BCUT2D eigenvalue weighted by molar-refractivity contribution is -0.287. The van der Waals surface area contributed by atoms with Gasteiger partial charge in [-0.05, 0) is 24.6 Å². The molecule has 0 radical (unpaired) electrons. The Hall–Kier alpha value is -2.41. The van der Waals surface area contributed by atoms with Gasteiger partial charge in [-0.2, -0.15) is 22.0 Å². The van der Waals surface area contributed by atoms with Crippen molar-refractivity contribution in [2.45, 2.75) is 37.4 Å². The molecule has 13 heteroatoms. The molecular formula is C17H13F5N2O4S2. The molecule has 0 unspecified atom stereocenters. The first-order valence-corrected chi connectivity index (χ1v) is 10.8. The van der Waals surface area contributed by atoms with Crippen LogP contribution >= 0.6 is 11.3 Å². The number of anilines is 1. The van der Waals surface area contributed by atoms with E-state index in [0.29, 0.717) is 6.07 Å². The van der Waals surface area contributed by atoms with Gasteiger partial charge >= 0.3 is 12.1 Å². The summed E-state index contributed by atoms with van der Waals surface area (Å²) in [6.45, 7) is 2.10. The lowest BCUT2D eigenvalue weighted by Crippen LogP contribution is -2.33. The molecule has 0 atom stereocenters. The topological polar surface area (TPSA) is 84.4 Å². The molecule has 1 aliphatic rings. The van der Waals surface area contributed by atoms with Gasteiger partial charge in [0, 0.05) is 11.8 Å². The van der Waals surface area contributed by atoms with Gasteiger partial charge in [0.1, 0.15) is 4.90 Å². The maximum absolute atomic E-state index is 13.6. The van der Waals surface area contributed by atoms with Crippen molar-refractivity contribution < 1.29 is 40.0 Å². The van der Waals surface area contributed by atoms with Crippen LogP contribution in [0.5, 0.6) is 0 Å². The zero-order chi connectivity index (χ0) is 22.6. The first-order valence-electron chi connectivity index (χ1n) is 8.34. The maximum Gasteiger partial charge on any atom is 0.458 e. The molecule has 2 aromatic heterocycles. The standard InChI is InChI=1S/C17H13F5N2O4S2/c1-3-30(27,28)11-4-9(8(2)25)6-23-14(11)24-7-10-5-12(29-13(10)15(24)26)16(18,19)17(20,21)22/h4-6H,3,7H2,1-2H3. The molecule has 0 spiro atoms. The van der Waals surface area contributed by atoms with Gasteiger partial charge in [0.15, 0.2) is 21.4 Å². The number of amides is 1. The van der Waals surface area contributed by atoms with E-state index in [2.05, 4.69) is 4.98 Å². The number of Topliss-reactive ketones (excluding diaryl/α,β-unsaturated/α-hetero) is 1. The first-order chi connectivity index (χ1) is 13.7. The molecular weight excluding hydrogens is 455 g/mol. The molecule has 3 rings (SSSR count). The molecule has 30 heavy (non-hydrogen) atoms. The van der Waals surface area contributed by atoms with Crippen LogP contribution in [0, 0.1) is 0 Å². The highest BCUT2D eigenvalue weighted by Gasteiger charge is 2.60. The highest BCUT2D eigenvalue weighted by molar-refractivity contribution is 7.91. The number of carbonyl (C=O) groups is 2. The van der Waals surface area contributed by atoms with Gasteiger partial charge < -0.3 is 0 Å². The molecule has 0 saturated heterocycles. The second-order valence-corrected chi connectivity index (χ2v) is 9.73. The second kappa shape index (κ2) is 7.08. The number of alkyl halides is 5. The fourth-order valence-electron chi connectivity index (χ4n) is 2.77. The number of carbonyl (C=O) groups excluding carboxylic acids is 2. The Balaban J connectivity index is 2.06. The molecule has 0 saturated carbocycles. The van der Waals surface area contributed by atoms with E-state index < -0.39 is 49.9 Å². The van der Waals surface area contributed by atoms with Crippen LogP contribution in [0.4, 0.5) is 27.8 Å². The number of aromatic nitrogens is 1. The van der Waals surface area contributed by atoms with Gasteiger partial charge in [0.05, 0.1) is 22.1 Å². The summed E-state index contributed by atoms with van der Waals surface area (Å²) in [6.07, 6.45) is -4.75. The van der Waals surface area contributed by atoms with Gasteiger partial charge in [-0.3, -0.25) is 14.5 Å². The zero-order valence-electron chi connectivity index (χ0n) is 15.4. The van der Waals surface area contributed by atoms with E-state index in [1.54, 1.807) is 0 Å². The summed E-state index contributed by atoms with van der Waals surface area (Å²) < 4.78 is 89.9. The van der Waals surface area contributed by atoms with Gasteiger partial charge in [0.2, 0.25) is 0 Å². The fraction of sp³-hybridized carbons (Fsp3) is 0.353. The van der Waals surface area contributed by atoms with E-state index in [0.717, 1.165) is 17.2 Å². The average Bonchev–Trinajstić information content (AvgIpc) is 3.20. The highest BCUT2D eigenvalue weighted by atomic mass is 32.2. The summed E-state index contributed by atoms with van der Waals surface area (Å²) >= 11 is -0.00306. The van der Waals surface area contributed by atoms with Crippen molar-refractivity contribution in [3.05, 3.63) is 39.2 Å². The Morgan fingerprint density at radius 1 is 1.23 bits per heavy atom. The normalized spacial score (nSPS) is 14.9. The third-order valence-electron chi connectivity index (χ3n) is 4.45. The quantitative estimate of drug-likeness (QED) is 0.490. The molecule has 1 amide bonds. The minimum atomic E-state index is -5.82. The molecule has 0 fully saturated rings. The highest BCUT2D eigenvalue weighted by Crippen LogP contribution is 2.48. The smallest absolute Gasteiger partial charge is 0.294 e. The fourth-order valence-corrected chi connectivity index (χ4v) is 4.95. The molecule has 1 aliphatic heterocycles. The summed E-state index contributed by atoms with van der Waals surface area (Å²) in [6, 6.07) is 1.65. The van der Waals surface area contributed by atoms with Crippen LogP contribution in [0.1, 0.15) is 44.3 Å². The Bertz CT molecular complexity index is 1160. The van der Waals surface area contributed by atoms with Crippen LogP contribution in [-0.2, 0) is 22.3 Å². The number of thiophene rings is 1. The number of pyridine rings is 1. The van der Waals surface area contributed by atoms with Gasteiger partial charge in [0.25, 0.3) is 5.91 Å². The van der Waals surface area contributed by atoms with Crippen LogP contribution < -0.4 is 4.90 Å². The van der Waals surface area contributed by atoms with E-state index in [1.807, 2.05) is 0 Å². The van der Waals surface area contributed by atoms with E-state index in [4.69, 9.17) is 0 Å². The summed E-state index contributed by atoms with van der Waals surface area (Å²) in [4.78, 5) is 27.0. The van der Waals surface area contributed by atoms with Crippen molar-refractivity contribution in [2.75, 3.05) is 10.7 Å². The predicted molar refractivity (Wildman–Crippen MR) is 96.7 cm³/mol. The molecule has 0 bridgehead atoms. The van der Waals surface area contributed by atoms with Crippen molar-refractivity contribution in [1.29, 1.82) is 0 Å². The maximum atomic E-state index is 13.6. The van der Waals surface area contributed by atoms with Crippen LogP contribution in [0.2, 0.25) is 0 Å². The van der Waals surface area contributed by atoms with E-state index >= 15 is 0 Å². The van der Waals surface area contributed by atoms with Gasteiger partial charge in [-0.15, -0.1) is 11.3 Å². The number of nitrogens with zero attached hydrogens (tertiary/aromatic N) is 2. The average molecular weight is 468 g/mol. The monoisotopic (exact) mass is 468 g/mol. The first kappa shape index (κ1) is 22.3. The number of hydrogen-bond acceptors (Lipinski definition) is 6. The zero-order valence-corrected chi connectivity index (χ0v) is 17.0. The van der Waals surface area contributed by atoms with Crippen molar-refractivity contribution in [2.24, 2.45) is 0 Å². The second-order valence-electron chi connectivity index (χ2n) is 6.43. The minimum absolute atomic E-state index is 0.00306. The number of fused-ring (bicyclic) bond motifs is 1. The summed E-state index contributed by atoms with van der Waals surface area (Å²) in [5, 5.41) is 0. The number of ketones is 1. The van der Waals surface area contributed by atoms with Gasteiger partial charge in [-0.25, -0.2) is 13.4 Å². The summed E-state index contributed by atoms with van der Waals surface area (Å²) in [7, 11) is -3.94. The Labute approximate surface area is 171 Å². The third kappa shape index (κ3) is 3.49. The SMILES string of the molecule is CCS(=O)(=O)c1cc(C(C)=O)cnc1N1Cc2cc(C(F)(F)C(F)(F)F)sc2C1=O. The molecule has 0 N–H and O–H groups in total. The van der Waals surface area contributed by atoms with Crippen LogP contribution in [0.15, 0.2) is 23.2 Å². The largest absolute Gasteiger partial charge is 0.458 e. The molecule has 2 aromatic rings. The number of halogens is 5.